The average Bonchev–Trinajstić information content (AvgIpc) is 2.79. The summed E-state index contributed by atoms with van der Waals surface area (Å²) in [6.45, 7) is 3.27. The average molecular weight is 561 g/mol. The quantitative estimate of drug-likeness (QED) is 0.0994. The zero-order chi connectivity index (χ0) is 28.3. The molecule has 14 heteroatoms. The van der Waals surface area contributed by atoms with Gasteiger partial charge in [-0.2, -0.15) is 16.8 Å². The molecular formula is C24H20N2O10S2. The van der Waals surface area contributed by atoms with Crippen molar-refractivity contribution in [2.45, 2.75) is 23.6 Å². The predicted octanol–water partition coefficient (Wildman–Crippen LogP) is 3.30. The Kier molecular flexibility index (Phi) is 6.40. The van der Waals surface area contributed by atoms with E-state index in [1.807, 2.05) is 0 Å². The number of hydrogen-bond acceptors (Lipinski definition) is 9. The molecule has 0 atom stereocenters. The van der Waals surface area contributed by atoms with Crippen LogP contribution in [0.3, 0.4) is 0 Å². The van der Waals surface area contributed by atoms with Gasteiger partial charge in [0.1, 0.15) is 0 Å². The third-order valence-electron chi connectivity index (χ3n) is 5.84. The molecule has 0 saturated heterocycles. The third-order valence-corrected chi connectivity index (χ3v) is 7.70. The maximum Gasteiger partial charge on any atom is 0.336 e. The number of aromatic carboxylic acids is 1. The number of rotatable bonds is 6. The fourth-order valence-electron chi connectivity index (χ4n) is 4.22. The van der Waals surface area contributed by atoms with Gasteiger partial charge in [-0.3, -0.25) is 19.3 Å². The summed E-state index contributed by atoms with van der Waals surface area (Å²) >= 11 is 0. The number of carbonyl (C=O) groups excluding carboxylic acids is 1. The Morgan fingerprint density at radius 2 is 1.55 bits per heavy atom. The maximum absolute atomic E-state index is 12.8. The van der Waals surface area contributed by atoms with Gasteiger partial charge < -0.3 is 15.3 Å². The van der Waals surface area contributed by atoms with Gasteiger partial charge in [-0.15, -0.1) is 0 Å². The molecule has 0 bridgehead atoms. The van der Waals surface area contributed by atoms with Crippen LogP contribution in [0.25, 0.3) is 33.4 Å². The van der Waals surface area contributed by atoms with E-state index in [1.165, 1.54) is 30.3 Å². The van der Waals surface area contributed by atoms with Crippen LogP contribution in [0, 0.1) is 11.3 Å². The van der Waals surface area contributed by atoms with E-state index < -0.39 is 64.3 Å². The number of Topliss-reactive ketones (excluding diaryl/α,β-unsaturated/α-hetero) is 1. The summed E-state index contributed by atoms with van der Waals surface area (Å²) in [7, 11) is -10.2. The molecule has 2 aromatic rings. The number of carboxylic acids is 1. The molecule has 0 unspecified atom stereocenters. The lowest BCUT2D eigenvalue weighted by molar-refractivity contribution is 0.0697. The van der Waals surface area contributed by atoms with Gasteiger partial charge in [0.15, 0.2) is 26.9 Å². The number of carbonyl (C=O) groups is 2. The maximum atomic E-state index is 12.8. The van der Waals surface area contributed by atoms with Crippen molar-refractivity contribution >= 4 is 48.6 Å². The summed E-state index contributed by atoms with van der Waals surface area (Å²) in [5.74, 6) is -2.94. The van der Waals surface area contributed by atoms with Crippen LogP contribution in [0.2, 0.25) is 0 Å². The minimum Gasteiger partial charge on any atom is -0.478 e. The number of fused-ring (bicyclic) bond motifs is 2. The normalized spacial score (nSPS) is 12.3. The first-order valence-electron chi connectivity index (χ1n) is 10.8. The molecule has 12 nitrogen and oxygen atoms in total. The molecule has 0 saturated carbocycles. The first-order valence-corrected chi connectivity index (χ1v) is 13.7. The van der Waals surface area contributed by atoms with Crippen LogP contribution >= 0.6 is 0 Å². The number of anilines is 1. The van der Waals surface area contributed by atoms with Crippen molar-refractivity contribution < 1.29 is 45.1 Å². The third kappa shape index (κ3) is 4.43. The number of nitrogens with two attached hydrogens (primary N) is 1. The monoisotopic (exact) mass is 560 g/mol. The molecule has 0 amide bonds. The van der Waals surface area contributed by atoms with Gasteiger partial charge in [0.2, 0.25) is 0 Å². The van der Waals surface area contributed by atoms with E-state index in [0.717, 1.165) is 12.1 Å². The van der Waals surface area contributed by atoms with E-state index in [-0.39, 0.29) is 39.0 Å². The molecule has 198 valence electrons. The molecule has 1 heterocycles. The highest BCUT2D eigenvalue weighted by atomic mass is 32.2. The molecule has 0 fully saturated rings. The Hall–Kier alpha value is -4.11. The van der Waals surface area contributed by atoms with E-state index in [0.29, 0.717) is 0 Å². The molecule has 38 heavy (non-hydrogen) atoms. The largest absolute Gasteiger partial charge is 0.478 e. The topological polar surface area (TPSA) is 226 Å². The van der Waals surface area contributed by atoms with Gasteiger partial charge in [-0.25, -0.2) is 4.79 Å². The lowest BCUT2D eigenvalue weighted by Crippen LogP contribution is -2.16. The SMILES string of the molecule is CC(C)C(=O)c1ccc(C(=O)O)c(-c2c3ccc(=N)c(S(=O)(=O)O)c-3oc3c(S(=O)(=O)O)c(N)ccc23)c1. The van der Waals surface area contributed by atoms with Gasteiger partial charge in [0.25, 0.3) is 20.2 Å². The van der Waals surface area contributed by atoms with Crippen molar-refractivity contribution in [3.05, 3.63) is 58.9 Å². The Labute approximate surface area is 215 Å². The highest BCUT2D eigenvalue weighted by Crippen LogP contribution is 2.45. The summed E-state index contributed by atoms with van der Waals surface area (Å²) in [5.41, 5.74) is 4.05. The van der Waals surface area contributed by atoms with Gasteiger partial charge >= 0.3 is 5.97 Å². The number of benzene rings is 3. The fourth-order valence-corrected chi connectivity index (χ4v) is 5.70. The van der Waals surface area contributed by atoms with Gasteiger partial charge in [-0.05, 0) is 42.0 Å². The molecule has 0 radical (unpaired) electrons. The van der Waals surface area contributed by atoms with Crippen molar-refractivity contribution in [2.24, 2.45) is 5.92 Å². The van der Waals surface area contributed by atoms with Gasteiger partial charge in [0.05, 0.1) is 16.6 Å². The van der Waals surface area contributed by atoms with E-state index in [4.69, 9.17) is 15.6 Å². The van der Waals surface area contributed by atoms with E-state index in [2.05, 4.69) is 0 Å². The van der Waals surface area contributed by atoms with Crippen LogP contribution in [0.5, 0.6) is 0 Å². The van der Waals surface area contributed by atoms with Crippen LogP contribution in [0.1, 0.15) is 34.6 Å². The fraction of sp³-hybridized carbons (Fsp3) is 0.125. The van der Waals surface area contributed by atoms with Crippen molar-refractivity contribution in [3.8, 4) is 22.5 Å². The van der Waals surface area contributed by atoms with Crippen molar-refractivity contribution in [3.63, 3.8) is 0 Å². The molecule has 2 aliphatic rings. The second kappa shape index (κ2) is 9.02. The van der Waals surface area contributed by atoms with E-state index >= 15 is 0 Å². The number of carboxylic acid groups (broad SMARTS) is 1. The molecule has 0 spiro atoms. The van der Waals surface area contributed by atoms with Gasteiger partial charge in [0, 0.05) is 28.0 Å². The van der Waals surface area contributed by atoms with Crippen LogP contribution in [-0.2, 0) is 20.2 Å². The Bertz CT molecular complexity index is 1920. The Morgan fingerprint density at radius 3 is 2.11 bits per heavy atom. The highest BCUT2D eigenvalue weighted by Gasteiger charge is 2.32. The van der Waals surface area contributed by atoms with E-state index in [9.17, 15) is 40.6 Å². The summed E-state index contributed by atoms with van der Waals surface area (Å²) in [6.07, 6.45) is 0. The van der Waals surface area contributed by atoms with Crippen molar-refractivity contribution in [2.75, 3.05) is 5.73 Å². The number of nitrogen functional groups attached to an aromatic ring is 1. The zero-order valence-corrected chi connectivity index (χ0v) is 21.3. The summed E-state index contributed by atoms with van der Waals surface area (Å²) in [4.78, 5) is 23.0. The lowest BCUT2D eigenvalue weighted by Gasteiger charge is -2.20. The Morgan fingerprint density at radius 1 is 0.921 bits per heavy atom. The summed E-state index contributed by atoms with van der Waals surface area (Å²) in [5, 5.41) is 17.1. The van der Waals surface area contributed by atoms with Crippen LogP contribution < -0.4 is 11.1 Å². The standard InChI is InChI=1S/C24H20N2O10S2/c1-10(2)19(27)11-3-4-12(24(28)29)15(9-11)18-13-5-7-16(25)22(37(30,31)32)20(13)36-21-14(18)6-8-17(26)23(21)38(33,34)35/h3-10,25H,26H2,1-2H3,(H,28,29)(H,30,31,32)(H,33,34,35). The number of hydrogen-bond donors (Lipinski definition) is 5. The first-order chi connectivity index (χ1) is 17.5. The molecule has 0 aromatic heterocycles. The molecule has 1 aliphatic carbocycles. The lowest BCUT2D eigenvalue weighted by atomic mass is 9.88. The Balaban J connectivity index is 2.37. The van der Waals surface area contributed by atoms with Crippen LogP contribution in [0.15, 0.2) is 56.7 Å². The summed E-state index contributed by atoms with van der Waals surface area (Å²) < 4.78 is 74.4. The highest BCUT2D eigenvalue weighted by molar-refractivity contribution is 7.86. The molecular weight excluding hydrogens is 540 g/mol. The molecule has 2 aromatic carbocycles. The molecule has 1 aliphatic heterocycles. The zero-order valence-electron chi connectivity index (χ0n) is 19.7. The second-order valence-corrected chi connectivity index (χ2v) is 11.4. The summed E-state index contributed by atoms with van der Waals surface area (Å²) in [6, 6.07) is 8.34. The first kappa shape index (κ1) is 26.9. The number of ketones is 1. The minimum atomic E-state index is -5.14. The van der Waals surface area contributed by atoms with Gasteiger partial charge in [-0.1, -0.05) is 19.9 Å². The van der Waals surface area contributed by atoms with Crippen LogP contribution in [-0.4, -0.2) is 42.8 Å². The van der Waals surface area contributed by atoms with Crippen molar-refractivity contribution in [1.82, 2.24) is 0 Å². The van der Waals surface area contributed by atoms with Crippen molar-refractivity contribution in [1.29, 1.82) is 5.41 Å². The molecule has 4 rings (SSSR count). The second-order valence-electron chi connectivity index (χ2n) is 8.69. The minimum absolute atomic E-state index is 0.105. The smallest absolute Gasteiger partial charge is 0.336 e. The number of nitrogens with one attached hydrogen (secondary N) is 1. The van der Waals surface area contributed by atoms with E-state index in [1.54, 1.807) is 13.8 Å². The predicted molar refractivity (Wildman–Crippen MR) is 134 cm³/mol. The molecule has 6 N–H and O–H groups in total. The van der Waals surface area contributed by atoms with Crippen LogP contribution in [0.4, 0.5) is 5.69 Å².